The number of carbonyl (C=O) groups is 4. The van der Waals surface area contributed by atoms with Crippen molar-refractivity contribution in [1.82, 2.24) is 15.5 Å². The van der Waals surface area contributed by atoms with Crippen molar-refractivity contribution in [3.63, 3.8) is 0 Å². The molecule has 1 saturated heterocycles. The quantitative estimate of drug-likeness (QED) is 0.694. The number of fused-ring (bicyclic) bond motifs is 1. The van der Waals surface area contributed by atoms with Gasteiger partial charge in [0.15, 0.2) is 0 Å². The standard InChI is InChI=1S/C22H20ClN3O5/c23-16-5-2-13(3-6-16)12-31-22(30)24-10-14-1-4-15-11-26(21(29)17(15)9-14)18-7-8-19(27)25-20(18)28/h1-6,9,18H,7-8,10-12H2,(H,24,30)(H,25,27,28). The largest absolute Gasteiger partial charge is 0.445 e. The van der Waals surface area contributed by atoms with Crippen LogP contribution in [0.25, 0.3) is 0 Å². The van der Waals surface area contributed by atoms with Crippen molar-refractivity contribution < 1.29 is 23.9 Å². The van der Waals surface area contributed by atoms with Crippen molar-refractivity contribution >= 4 is 35.4 Å². The predicted octanol–water partition coefficient (Wildman–Crippen LogP) is 2.53. The van der Waals surface area contributed by atoms with E-state index in [1.165, 1.54) is 4.90 Å². The van der Waals surface area contributed by atoms with Gasteiger partial charge >= 0.3 is 6.09 Å². The average molecular weight is 442 g/mol. The Morgan fingerprint density at radius 2 is 1.87 bits per heavy atom. The number of rotatable bonds is 5. The van der Waals surface area contributed by atoms with E-state index in [1.807, 2.05) is 12.1 Å². The van der Waals surface area contributed by atoms with Crippen LogP contribution in [0.3, 0.4) is 0 Å². The molecule has 2 aliphatic rings. The third kappa shape index (κ3) is 4.69. The van der Waals surface area contributed by atoms with E-state index in [0.717, 1.165) is 16.7 Å². The zero-order valence-electron chi connectivity index (χ0n) is 16.5. The normalized spacial score (nSPS) is 17.9. The third-order valence-corrected chi connectivity index (χ3v) is 5.56. The van der Waals surface area contributed by atoms with E-state index in [-0.39, 0.29) is 31.4 Å². The SMILES string of the molecule is O=C1CCC(N2Cc3ccc(CNC(=O)OCc4ccc(Cl)cc4)cc3C2=O)C(=O)N1. The lowest BCUT2D eigenvalue weighted by Crippen LogP contribution is -2.52. The van der Waals surface area contributed by atoms with Crippen molar-refractivity contribution in [2.75, 3.05) is 0 Å². The summed E-state index contributed by atoms with van der Waals surface area (Å²) in [6.07, 6.45) is -0.0470. The molecule has 1 unspecified atom stereocenters. The Bertz CT molecular complexity index is 1050. The smallest absolute Gasteiger partial charge is 0.407 e. The fourth-order valence-electron chi connectivity index (χ4n) is 3.67. The van der Waals surface area contributed by atoms with Crippen LogP contribution in [0.1, 0.15) is 39.9 Å². The highest BCUT2D eigenvalue weighted by molar-refractivity contribution is 6.30. The fourth-order valence-corrected chi connectivity index (χ4v) is 3.79. The molecule has 2 aromatic carbocycles. The van der Waals surface area contributed by atoms with Crippen LogP contribution in [0.5, 0.6) is 0 Å². The molecule has 8 nitrogen and oxygen atoms in total. The molecular formula is C22H20ClN3O5. The number of ether oxygens (including phenoxy) is 1. The second kappa shape index (κ2) is 8.77. The number of halogens is 1. The molecule has 0 saturated carbocycles. The molecule has 31 heavy (non-hydrogen) atoms. The van der Waals surface area contributed by atoms with E-state index in [2.05, 4.69) is 10.6 Å². The Morgan fingerprint density at radius 1 is 1.13 bits per heavy atom. The zero-order chi connectivity index (χ0) is 22.0. The molecule has 2 heterocycles. The summed E-state index contributed by atoms with van der Waals surface area (Å²) >= 11 is 5.83. The van der Waals surface area contributed by atoms with Crippen LogP contribution in [0.15, 0.2) is 42.5 Å². The average Bonchev–Trinajstić information content (AvgIpc) is 3.07. The maximum atomic E-state index is 12.8. The van der Waals surface area contributed by atoms with E-state index in [0.29, 0.717) is 23.6 Å². The number of piperidine rings is 1. The lowest BCUT2D eigenvalue weighted by molar-refractivity contribution is -0.136. The highest BCUT2D eigenvalue weighted by Crippen LogP contribution is 2.28. The lowest BCUT2D eigenvalue weighted by Gasteiger charge is -2.29. The summed E-state index contributed by atoms with van der Waals surface area (Å²) in [6, 6.07) is 11.7. The van der Waals surface area contributed by atoms with Crippen LogP contribution < -0.4 is 10.6 Å². The van der Waals surface area contributed by atoms with Gasteiger partial charge in [0, 0.05) is 30.1 Å². The molecule has 0 spiro atoms. The molecule has 160 valence electrons. The van der Waals surface area contributed by atoms with Gasteiger partial charge in [-0.05, 0) is 41.3 Å². The monoisotopic (exact) mass is 441 g/mol. The van der Waals surface area contributed by atoms with Crippen LogP contribution in [0.4, 0.5) is 4.79 Å². The van der Waals surface area contributed by atoms with Gasteiger partial charge in [-0.15, -0.1) is 0 Å². The van der Waals surface area contributed by atoms with Crippen molar-refractivity contribution in [2.45, 2.75) is 38.6 Å². The molecule has 4 amide bonds. The molecule has 0 aromatic heterocycles. The Hall–Kier alpha value is -3.39. The summed E-state index contributed by atoms with van der Waals surface area (Å²) in [5.41, 5.74) is 2.86. The van der Waals surface area contributed by atoms with Crippen molar-refractivity contribution in [1.29, 1.82) is 0 Å². The molecule has 2 aliphatic heterocycles. The van der Waals surface area contributed by atoms with Gasteiger partial charge in [-0.25, -0.2) is 4.79 Å². The number of carbonyl (C=O) groups excluding carboxylic acids is 4. The minimum Gasteiger partial charge on any atom is -0.445 e. The molecule has 2 N–H and O–H groups in total. The highest BCUT2D eigenvalue weighted by atomic mass is 35.5. The maximum absolute atomic E-state index is 12.8. The van der Waals surface area contributed by atoms with E-state index in [4.69, 9.17) is 16.3 Å². The van der Waals surface area contributed by atoms with Crippen LogP contribution >= 0.6 is 11.6 Å². The number of imide groups is 1. The van der Waals surface area contributed by atoms with E-state index in [9.17, 15) is 19.2 Å². The Labute approximate surface area is 183 Å². The van der Waals surface area contributed by atoms with Crippen molar-refractivity contribution in [2.24, 2.45) is 0 Å². The molecule has 4 rings (SSSR count). The topological polar surface area (TPSA) is 105 Å². The Kier molecular flexibility index (Phi) is 5.90. The van der Waals surface area contributed by atoms with Gasteiger partial charge in [0.25, 0.3) is 5.91 Å². The van der Waals surface area contributed by atoms with Crippen LogP contribution in [-0.4, -0.2) is 34.8 Å². The van der Waals surface area contributed by atoms with E-state index >= 15 is 0 Å². The Morgan fingerprint density at radius 3 is 2.61 bits per heavy atom. The molecule has 2 aromatic rings. The first kappa shape index (κ1) is 20.9. The lowest BCUT2D eigenvalue weighted by atomic mass is 10.0. The second-order valence-corrected chi connectivity index (χ2v) is 7.88. The summed E-state index contributed by atoms with van der Waals surface area (Å²) in [5, 5.41) is 5.55. The number of benzene rings is 2. The van der Waals surface area contributed by atoms with Crippen molar-refractivity contribution in [3.05, 3.63) is 69.7 Å². The van der Waals surface area contributed by atoms with E-state index in [1.54, 1.807) is 30.3 Å². The first-order valence-corrected chi connectivity index (χ1v) is 10.2. The van der Waals surface area contributed by atoms with Gasteiger partial charge < -0.3 is 15.0 Å². The Balaban J connectivity index is 1.33. The van der Waals surface area contributed by atoms with Crippen LogP contribution in [0, 0.1) is 0 Å². The first-order chi connectivity index (χ1) is 14.9. The van der Waals surface area contributed by atoms with Crippen LogP contribution in [-0.2, 0) is 34.0 Å². The number of hydrogen-bond acceptors (Lipinski definition) is 5. The van der Waals surface area contributed by atoms with Crippen molar-refractivity contribution in [3.8, 4) is 0 Å². The minimum absolute atomic E-state index is 0.118. The maximum Gasteiger partial charge on any atom is 0.407 e. The number of nitrogens with one attached hydrogen (secondary N) is 2. The molecular weight excluding hydrogens is 422 g/mol. The number of amides is 4. The minimum atomic E-state index is -0.651. The summed E-state index contributed by atoms with van der Waals surface area (Å²) < 4.78 is 5.18. The number of nitrogens with zero attached hydrogens (tertiary/aromatic N) is 1. The molecule has 0 aliphatic carbocycles. The van der Waals surface area contributed by atoms with Gasteiger partial charge in [-0.3, -0.25) is 19.7 Å². The summed E-state index contributed by atoms with van der Waals surface area (Å²) in [7, 11) is 0. The molecule has 0 bridgehead atoms. The third-order valence-electron chi connectivity index (χ3n) is 5.31. The number of hydrogen-bond donors (Lipinski definition) is 2. The van der Waals surface area contributed by atoms with Gasteiger partial charge in [0.05, 0.1) is 0 Å². The van der Waals surface area contributed by atoms with Gasteiger partial charge in [0.1, 0.15) is 12.6 Å². The number of alkyl carbamates (subject to hydrolysis) is 1. The highest BCUT2D eigenvalue weighted by Gasteiger charge is 2.39. The zero-order valence-corrected chi connectivity index (χ0v) is 17.3. The second-order valence-electron chi connectivity index (χ2n) is 7.45. The molecule has 9 heteroatoms. The van der Waals surface area contributed by atoms with Crippen LogP contribution in [0.2, 0.25) is 5.02 Å². The summed E-state index contributed by atoms with van der Waals surface area (Å²) in [6.45, 7) is 0.627. The van der Waals surface area contributed by atoms with E-state index < -0.39 is 18.0 Å². The van der Waals surface area contributed by atoms with Gasteiger partial charge in [-0.2, -0.15) is 0 Å². The summed E-state index contributed by atoms with van der Waals surface area (Å²) in [5.74, 6) is -1.01. The molecule has 1 atom stereocenters. The fraction of sp³-hybridized carbons (Fsp3) is 0.273. The molecule has 1 fully saturated rings. The first-order valence-electron chi connectivity index (χ1n) is 9.82. The molecule has 0 radical (unpaired) electrons. The van der Waals surface area contributed by atoms with Gasteiger partial charge in [0.2, 0.25) is 11.8 Å². The van der Waals surface area contributed by atoms with Gasteiger partial charge in [-0.1, -0.05) is 35.9 Å². The predicted molar refractivity (Wildman–Crippen MR) is 111 cm³/mol. The summed E-state index contributed by atoms with van der Waals surface area (Å²) in [4.78, 5) is 49.8.